The van der Waals surface area contributed by atoms with Crippen LogP contribution in [0, 0.1) is 161 Å². The molecule has 12 nitrogen and oxygen atoms in total. The third-order valence-corrected chi connectivity index (χ3v) is 17.6. The molecule has 12 aliphatic rings. The topological polar surface area (TPSA) is 111 Å². The molecule has 120 heavy (non-hydrogen) atoms. The molecule has 6 aromatic carbocycles. The third kappa shape index (κ3) is 91.9. The van der Waals surface area contributed by atoms with E-state index in [1.165, 1.54) is 254 Å². The zero-order chi connectivity index (χ0) is 83.5. The van der Waals surface area contributed by atoms with Crippen molar-refractivity contribution in [3.63, 3.8) is 0 Å². The van der Waals surface area contributed by atoms with Crippen LogP contribution in [0.25, 0.3) is 0 Å². The molecular formula is C102H162Ca2ClCu3O12. The van der Waals surface area contributed by atoms with Crippen LogP contribution in [0.5, 0.6) is 0 Å². The summed E-state index contributed by atoms with van der Waals surface area (Å²) in [6, 6.07) is 44.8. The van der Waals surface area contributed by atoms with Gasteiger partial charge in [0.05, 0.1) is 0 Å². The molecule has 0 radical (unpaired) electrons. The fourth-order valence-corrected chi connectivity index (χ4v) is 12.8. The first-order valence-corrected chi connectivity index (χ1v) is 43.9. The molecule has 0 atom stereocenters. The van der Waals surface area contributed by atoms with E-state index >= 15 is 0 Å². The van der Waals surface area contributed by atoms with Crippen molar-refractivity contribution in [1.29, 1.82) is 0 Å². The Kier molecular flexibility index (Phi) is 102. The van der Waals surface area contributed by atoms with Crippen molar-refractivity contribution in [2.45, 2.75) is 279 Å². The molecule has 0 unspecified atom stereocenters. The van der Waals surface area contributed by atoms with E-state index < -0.39 is 0 Å². The SMILES string of the molecule is C1CCOC1.C1CCOC1.C1CCOC1.C1CCOC1.C1CCOC1.C1CCOC1.C1CCOC1.C1CCOC1.C1CCOC1.C1CCOC1.C1CCOC1.C1CCOC1.Cc1[c-]c(C)cc(C)c1.Cc1[c-]c(C)cc(C)c1.Cc1[c-]c(C)cc(C)c1.Cc1[c-]c(C)cc(C)c1.Cc1[c-]c(C)cc(C)c1.Cc1[c-]c(C)cc(C)c1.[Ca+2].[Ca+2].[Cl-].[Cu+].[Cu+].[Cu+]. The minimum absolute atomic E-state index is 0. The van der Waals surface area contributed by atoms with Gasteiger partial charge < -0.3 is 69.2 Å². The molecule has 0 aromatic heterocycles. The summed E-state index contributed by atoms with van der Waals surface area (Å²) in [6.45, 7) is 61.5. The number of hydrogen-bond acceptors (Lipinski definition) is 12. The summed E-state index contributed by atoms with van der Waals surface area (Å²) >= 11 is 0. The van der Waals surface area contributed by atoms with Crippen molar-refractivity contribution in [2.24, 2.45) is 0 Å². The molecule has 0 amide bonds. The van der Waals surface area contributed by atoms with Gasteiger partial charge in [-0.3, -0.25) is 0 Å². The second kappa shape index (κ2) is 94.3. The fraction of sp³-hybridized carbons (Fsp3) is 0.647. The zero-order valence-corrected chi connectivity index (χ0v) is 86.5. The van der Waals surface area contributed by atoms with Crippen LogP contribution in [0.15, 0.2) is 72.8 Å². The summed E-state index contributed by atoms with van der Waals surface area (Å²) in [5.41, 5.74) is 22.7. The van der Waals surface area contributed by atoms with Gasteiger partial charge in [0, 0.05) is 159 Å². The summed E-state index contributed by atoms with van der Waals surface area (Å²) in [7, 11) is 0. The van der Waals surface area contributed by atoms with E-state index in [0.29, 0.717) is 0 Å². The van der Waals surface area contributed by atoms with Gasteiger partial charge in [-0.05, 0) is 154 Å². The predicted molar refractivity (Wildman–Crippen MR) is 489 cm³/mol. The molecule has 12 fully saturated rings. The first-order valence-electron chi connectivity index (χ1n) is 43.9. The second-order valence-electron chi connectivity index (χ2n) is 31.0. The van der Waals surface area contributed by atoms with E-state index in [9.17, 15) is 0 Å². The summed E-state index contributed by atoms with van der Waals surface area (Å²) in [6.07, 6.45) is 30.7. The van der Waals surface area contributed by atoms with Gasteiger partial charge in [-0.1, -0.05) is 125 Å². The average molecular weight is 1890 g/mol. The van der Waals surface area contributed by atoms with Crippen LogP contribution in [-0.4, -0.2) is 234 Å². The van der Waals surface area contributed by atoms with E-state index in [4.69, 9.17) is 56.8 Å². The number of ether oxygens (including phenoxy) is 12. The van der Waals surface area contributed by atoms with Crippen molar-refractivity contribution in [1.82, 2.24) is 0 Å². The summed E-state index contributed by atoms with van der Waals surface area (Å²) < 4.78 is 59.3. The normalized spacial score (nSPS) is 16.4. The van der Waals surface area contributed by atoms with Crippen molar-refractivity contribution in [2.75, 3.05) is 159 Å². The van der Waals surface area contributed by atoms with Crippen LogP contribution < -0.4 is 12.4 Å². The first-order chi connectivity index (χ1) is 55.1. The number of halogens is 1. The predicted octanol–water partition coefficient (Wildman–Crippen LogP) is 20.3. The summed E-state index contributed by atoms with van der Waals surface area (Å²) in [5, 5.41) is 0. The van der Waals surface area contributed by atoms with E-state index in [2.05, 4.69) is 234 Å². The van der Waals surface area contributed by atoms with Crippen LogP contribution in [0.1, 0.15) is 254 Å². The smallest absolute Gasteiger partial charge is 1.00 e. The van der Waals surface area contributed by atoms with E-state index in [0.717, 1.165) is 159 Å². The fourth-order valence-electron chi connectivity index (χ4n) is 12.8. The molecule has 6 aromatic rings. The largest absolute Gasteiger partial charge is 2.00 e. The van der Waals surface area contributed by atoms with Gasteiger partial charge in [0.15, 0.2) is 0 Å². The Bertz CT molecular complexity index is 2160. The van der Waals surface area contributed by atoms with Crippen LogP contribution in [0.3, 0.4) is 0 Å². The van der Waals surface area contributed by atoms with Gasteiger partial charge in [0.25, 0.3) is 0 Å². The summed E-state index contributed by atoms with van der Waals surface area (Å²) in [4.78, 5) is 0. The minimum Gasteiger partial charge on any atom is -1.00 e. The Balaban J connectivity index is -0.000000287. The molecule has 12 saturated heterocycles. The minimum atomic E-state index is 0. The van der Waals surface area contributed by atoms with Crippen LogP contribution in [0.2, 0.25) is 0 Å². The van der Waals surface area contributed by atoms with E-state index in [-0.39, 0.29) is 139 Å². The molecule has 12 heterocycles. The van der Waals surface area contributed by atoms with Crippen LogP contribution in [0.4, 0.5) is 0 Å². The molecule has 0 saturated carbocycles. The molecule has 0 aliphatic carbocycles. The van der Waals surface area contributed by atoms with Crippen molar-refractivity contribution >= 4 is 75.5 Å². The molecule has 0 N–H and O–H groups in total. The Morgan fingerprint density at radius 2 is 0.200 bits per heavy atom. The quantitative estimate of drug-likeness (QED) is 0.107. The first kappa shape index (κ1) is 130. The number of hydrogen-bond donors (Lipinski definition) is 0. The van der Waals surface area contributed by atoms with Crippen molar-refractivity contribution in [3.8, 4) is 0 Å². The monoisotopic (exact) mass is 1880 g/mol. The van der Waals surface area contributed by atoms with Crippen LogP contribution in [-0.2, 0) is 108 Å². The van der Waals surface area contributed by atoms with Gasteiger partial charge in [-0.2, -0.15) is 209 Å². The maximum absolute atomic E-state index is 4.94. The van der Waals surface area contributed by atoms with Crippen molar-refractivity contribution < 1.29 is 120 Å². The molecule has 18 rings (SSSR count). The van der Waals surface area contributed by atoms with E-state index in [1.54, 1.807) is 0 Å². The second-order valence-corrected chi connectivity index (χ2v) is 31.0. The maximum Gasteiger partial charge on any atom is 2.00 e. The molecule has 0 spiro atoms. The standard InChI is InChI=1S/6C9H11.12C4H8O.2Ca.ClH.3Cu/c6*1-7-4-8(2)6-9(3)5-7;12*1-2-4-5-3-1;;;;;;/h6*4-5H,1-3H3;12*1-4H2;;;1H;;;/q6*-1;;;;;;;;;;;;;2*+2;;3*+1/p-1. The van der Waals surface area contributed by atoms with E-state index in [1.807, 2.05) is 0 Å². The number of benzene rings is 6. The maximum atomic E-state index is 4.94. The van der Waals surface area contributed by atoms with Gasteiger partial charge in [0.2, 0.25) is 0 Å². The third-order valence-electron chi connectivity index (χ3n) is 17.6. The molecule has 0 bridgehead atoms. The van der Waals surface area contributed by atoms with Gasteiger partial charge in [-0.15, -0.1) is 0 Å². The Morgan fingerprint density at radius 3 is 0.233 bits per heavy atom. The van der Waals surface area contributed by atoms with Crippen molar-refractivity contribution in [3.05, 3.63) is 209 Å². The van der Waals surface area contributed by atoms with Gasteiger partial charge in [-0.25, -0.2) is 0 Å². The molecular weight excluding hydrogens is 1720 g/mol. The zero-order valence-electron chi connectivity index (χ0n) is 78.5. The molecule has 686 valence electrons. The average Bonchev–Trinajstić information content (AvgIpc) is 1.32. The van der Waals surface area contributed by atoms with Gasteiger partial charge in [0.1, 0.15) is 0 Å². The molecule has 12 aliphatic heterocycles. The summed E-state index contributed by atoms with van der Waals surface area (Å²) in [5.74, 6) is 0. The van der Waals surface area contributed by atoms with Gasteiger partial charge >= 0.3 is 127 Å². The Morgan fingerprint density at radius 1 is 0.142 bits per heavy atom. The number of rotatable bonds is 0. The Hall–Kier alpha value is -0.792. The number of aryl methyl sites for hydroxylation is 18. The molecule has 18 heteroatoms. The Labute approximate surface area is 833 Å². The van der Waals surface area contributed by atoms with Crippen LogP contribution >= 0.6 is 0 Å².